The topological polar surface area (TPSA) is 52.0 Å². The van der Waals surface area contributed by atoms with Gasteiger partial charge >= 0.3 is 0 Å². The molecule has 0 saturated carbocycles. The number of rotatable bonds is 2. The van der Waals surface area contributed by atoms with Crippen molar-refractivity contribution in [1.82, 2.24) is 0 Å². The van der Waals surface area contributed by atoms with Gasteiger partial charge in [0.2, 0.25) is 0 Å². The van der Waals surface area contributed by atoms with E-state index in [2.05, 4.69) is 12.6 Å². The van der Waals surface area contributed by atoms with Gasteiger partial charge in [0.1, 0.15) is 0 Å². The lowest BCUT2D eigenvalue weighted by molar-refractivity contribution is 1.17. The van der Waals surface area contributed by atoms with Crippen LogP contribution in [0.15, 0.2) is 18.2 Å². The Kier molecular flexibility index (Phi) is 2.65. The molecule has 0 fully saturated rings. The van der Waals surface area contributed by atoms with E-state index in [1.54, 1.807) is 6.07 Å². The molecule has 0 saturated heterocycles. The Morgan fingerprint density at radius 1 is 1.27 bits per heavy atom. The third kappa shape index (κ3) is 1.80. The van der Waals surface area contributed by atoms with E-state index in [0.717, 1.165) is 17.7 Å². The minimum atomic E-state index is 0.657. The van der Waals surface area contributed by atoms with Crippen molar-refractivity contribution in [2.24, 2.45) is 0 Å². The average Bonchev–Trinajstić information content (AvgIpc) is 1.99. The largest absolute Gasteiger partial charge is 0.397 e. The van der Waals surface area contributed by atoms with Crippen LogP contribution in [0.3, 0.4) is 0 Å². The van der Waals surface area contributed by atoms with E-state index in [1.807, 2.05) is 12.1 Å². The van der Waals surface area contributed by atoms with Gasteiger partial charge in [-0.25, -0.2) is 0 Å². The van der Waals surface area contributed by atoms with Gasteiger partial charge in [-0.3, -0.25) is 0 Å². The van der Waals surface area contributed by atoms with Crippen LogP contribution in [-0.2, 0) is 6.42 Å². The summed E-state index contributed by atoms with van der Waals surface area (Å²) in [5, 5.41) is 0. The van der Waals surface area contributed by atoms with Crippen LogP contribution in [0, 0.1) is 0 Å². The van der Waals surface area contributed by atoms with Crippen LogP contribution >= 0.6 is 12.6 Å². The third-order valence-corrected chi connectivity index (χ3v) is 1.83. The predicted molar refractivity (Wildman–Crippen MR) is 52.8 cm³/mol. The second-order valence-electron chi connectivity index (χ2n) is 2.39. The molecule has 0 aliphatic rings. The number of hydrogen-bond donors (Lipinski definition) is 3. The van der Waals surface area contributed by atoms with E-state index in [9.17, 15) is 0 Å². The third-order valence-electron chi connectivity index (χ3n) is 1.61. The first-order valence-electron chi connectivity index (χ1n) is 3.49. The van der Waals surface area contributed by atoms with Crippen molar-refractivity contribution in [2.45, 2.75) is 6.42 Å². The Morgan fingerprint density at radius 3 is 2.64 bits per heavy atom. The maximum Gasteiger partial charge on any atom is 0.0580 e. The van der Waals surface area contributed by atoms with Crippen LogP contribution in [0.5, 0.6) is 0 Å². The summed E-state index contributed by atoms with van der Waals surface area (Å²) >= 11 is 4.12. The fourth-order valence-electron chi connectivity index (χ4n) is 0.971. The summed E-state index contributed by atoms with van der Waals surface area (Å²) in [7, 11) is 0. The lowest BCUT2D eigenvalue weighted by Gasteiger charge is -2.05. The maximum atomic E-state index is 5.71. The van der Waals surface area contributed by atoms with Gasteiger partial charge in [0, 0.05) is 0 Å². The van der Waals surface area contributed by atoms with Gasteiger partial charge in [0.25, 0.3) is 0 Å². The minimum Gasteiger partial charge on any atom is -0.397 e. The van der Waals surface area contributed by atoms with Crippen LogP contribution in [0.2, 0.25) is 0 Å². The number of para-hydroxylation sites is 1. The number of anilines is 2. The molecule has 60 valence electrons. The summed E-state index contributed by atoms with van der Waals surface area (Å²) in [4.78, 5) is 0. The number of benzene rings is 1. The maximum absolute atomic E-state index is 5.71. The Hall–Kier alpha value is -0.830. The molecule has 0 bridgehead atoms. The number of nitrogens with two attached hydrogens (primary N) is 2. The summed E-state index contributed by atoms with van der Waals surface area (Å²) < 4.78 is 0. The molecular formula is C8H12N2S. The van der Waals surface area contributed by atoms with Gasteiger partial charge in [-0.05, 0) is 23.8 Å². The van der Waals surface area contributed by atoms with Gasteiger partial charge < -0.3 is 11.5 Å². The van der Waals surface area contributed by atoms with E-state index >= 15 is 0 Å². The van der Waals surface area contributed by atoms with Gasteiger partial charge in [0.15, 0.2) is 0 Å². The van der Waals surface area contributed by atoms with Gasteiger partial charge in [-0.2, -0.15) is 12.6 Å². The molecule has 0 unspecified atom stereocenters. The van der Waals surface area contributed by atoms with Crippen molar-refractivity contribution >= 4 is 24.0 Å². The van der Waals surface area contributed by atoms with E-state index < -0.39 is 0 Å². The molecule has 0 aliphatic heterocycles. The van der Waals surface area contributed by atoms with Crippen molar-refractivity contribution in [3.63, 3.8) is 0 Å². The molecule has 0 spiro atoms. The normalized spacial score (nSPS) is 9.91. The summed E-state index contributed by atoms with van der Waals surface area (Å²) in [6, 6.07) is 5.68. The summed E-state index contributed by atoms with van der Waals surface area (Å²) in [5.74, 6) is 0.799. The molecule has 3 heteroatoms. The number of hydrogen-bond acceptors (Lipinski definition) is 3. The predicted octanol–water partition coefficient (Wildman–Crippen LogP) is 1.32. The Labute approximate surface area is 72.0 Å². The molecule has 0 aliphatic carbocycles. The standard InChI is InChI=1S/C8H12N2S/c9-7-3-1-2-6(4-5-11)8(7)10/h1-3,11H,4-5,9-10H2. The highest BCUT2D eigenvalue weighted by atomic mass is 32.1. The molecular weight excluding hydrogens is 156 g/mol. The Bertz CT molecular complexity index is 248. The number of aryl methyl sites for hydroxylation is 1. The smallest absolute Gasteiger partial charge is 0.0580 e. The van der Waals surface area contributed by atoms with Crippen LogP contribution in [0.4, 0.5) is 11.4 Å². The first-order chi connectivity index (χ1) is 5.25. The quantitative estimate of drug-likeness (QED) is 0.461. The van der Waals surface area contributed by atoms with Crippen molar-refractivity contribution in [2.75, 3.05) is 17.2 Å². The molecule has 1 aromatic carbocycles. The fourth-order valence-corrected chi connectivity index (χ4v) is 1.21. The lowest BCUT2D eigenvalue weighted by Crippen LogP contribution is -1.99. The highest BCUT2D eigenvalue weighted by Gasteiger charge is 1.99. The average molecular weight is 168 g/mol. The van der Waals surface area contributed by atoms with Crippen LogP contribution in [0.25, 0.3) is 0 Å². The minimum absolute atomic E-state index is 0.657. The summed E-state index contributed by atoms with van der Waals surface area (Å²) in [6.45, 7) is 0. The lowest BCUT2D eigenvalue weighted by atomic mass is 10.1. The number of nitrogen functional groups attached to an aromatic ring is 2. The van der Waals surface area contributed by atoms with Crippen molar-refractivity contribution in [3.05, 3.63) is 23.8 Å². The molecule has 1 rings (SSSR count). The Morgan fingerprint density at radius 2 is 2.00 bits per heavy atom. The highest BCUT2D eigenvalue weighted by Crippen LogP contribution is 2.19. The molecule has 0 atom stereocenters. The Balaban J connectivity index is 2.96. The van der Waals surface area contributed by atoms with Crippen molar-refractivity contribution in [1.29, 1.82) is 0 Å². The van der Waals surface area contributed by atoms with E-state index in [4.69, 9.17) is 11.5 Å². The first kappa shape index (κ1) is 8.27. The van der Waals surface area contributed by atoms with Crippen molar-refractivity contribution < 1.29 is 0 Å². The second-order valence-corrected chi connectivity index (χ2v) is 2.84. The van der Waals surface area contributed by atoms with Crippen LogP contribution in [-0.4, -0.2) is 5.75 Å². The number of thiol groups is 1. The molecule has 0 heterocycles. The molecule has 0 amide bonds. The highest BCUT2D eigenvalue weighted by molar-refractivity contribution is 7.80. The van der Waals surface area contributed by atoms with E-state index in [1.165, 1.54) is 0 Å². The zero-order valence-electron chi connectivity index (χ0n) is 6.25. The summed E-state index contributed by atoms with van der Waals surface area (Å²) in [6.07, 6.45) is 0.875. The summed E-state index contributed by atoms with van der Waals surface area (Å²) in [5.41, 5.74) is 13.7. The molecule has 0 aromatic heterocycles. The first-order valence-corrected chi connectivity index (χ1v) is 4.12. The van der Waals surface area contributed by atoms with Gasteiger partial charge in [-0.15, -0.1) is 0 Å². The molecule has 11 heavy (non-hydrogen) atoms. The monoisotopic (exact) mass is 168 g/mol. The van der Waals surface area contributed by atoms with Crippen LogP contribution < -0.4 is 11.5 Å². The van der Waals surface area contributed by atoms with E-state index in [0.29, 0.717) is 11.4 Å². The fraction of sp³-hybridized carbons (Fsp3) is 0.250. The van der Waals surface area contributed by atoms with Crippen molar-refractivity contribution in [3.8, 4) is 0 Å². The van der Waals surface area contributed by atoms with Gasteiger partial charge in [-0.1, -0.05) is 12.1 Å². The van der Waals surface area contributed by atoms with Crippen LogP contribution in [0.1, 0.15) is 5.56 Å². The molecule has 0 radical (unpaired) electrons. The molecule has 1 aromatic rings. The second kappa shape index (κ2) is 3.53. The molecule has 2 nitrogen and oxygen atoms in total. The molecule has 4 N–H and O–H groups in total. The van der Waals surface area contributed by atoms with Gasteiger partial charge in [0.05, 0.1) is 11.4 Å². The SMILES string of the molecule is Nc1cccc(CCS)c1N. The zero-order valence-corrected chi connectivity index (χ0v) is 7.14. The van der Waals surface area contributed by atoms with E-state index in [-0.39, 0.29) is 0 Å². The zero-order chi connectivity index (χ0) is 8.27.